The zero-order chi connectivity index (χ0) is 23.0. The van der Waals surface area contributed by atoms with Gasteiger partial charge in [-0.25, -0.2) is 15.2 Å². The third kappa shape index (κ3) is 5.98. The Morgan fingerprint density at radius 2 is 2.06 bits per heavy atom. The molecule has 0 aliphatic rings. The maximum absolute atomic E-state index is 12.2. The number of nitrogens with one attached hydrogen (secondary N) is 3. The van der Waals surface area contributed by atoms with Gasteiger partial charge in [0.25, 0.3) is 0 Å². The summed E-state index contributed by atoms with van der Waals surface area (Å²) in [6.45, 7) is 1.90. The van der Waals surface area contributed by atoms with E-state index < -0.39 is 6.03 Å². The van der Waals surface area contributed by atoms with Gasteiger partial charge < -0.3 is 24.5 Å². The molecule has 0 atom stereocenters. The minimum Gasteiger partial charge on any atom is -0.457 e. The second kappa shape index (κ2) is 10.5. The van der Waals surface area contributed by atoms with Crippen molar-refractivity contribution in [2.45, 2.75) is 13.0 Å². The molecule has 9 nitrogen and oxygen atoms in total. The van der Waals surface area contributed by atoms with Gasteiger partial charge in [-0.15, -0.1) is 0 Å². The van der Waals surface area contributed by atoms with Crippen LogP contribution in [0, 0.1) is 0 Å². The molecule has 0 saturated carbocycles. The Morgan fingerprint density at radius 1 is 1.21 bits per heavy atom. The van der Waals surface area contributed by atoms with E-state index in [1.807, 2.05) is 36.7 Å². The summed E-state index contributed by atoms with van der Waals surface area (Å²) < 4.78 is 8.06. The van der Waals surface area contributed by atoms with Crippen molar-refractivity contribution in [3.8, 4) is 11.5 Å². The highest BCUT2D eigenvalue weighted by Crippen LogP contribution is 2.28. The van der Waals surface area contributed by atoms with Crippen LogP contribution in [0.1, 0.15) is 12.1 Å². The fourth-order valence-corrected chi connectivity index (χ4v) is 3.38. The summed E-state index contributed by atoms with van der Waals surface area (Å²) in [5.41, 5.74) is 4.83. The van der Waals surface area contributed by atoms with E-state index in [0.717, 1.165) is 36.2 Å². The summed E-state index contributed by atoms with van der Waals surface area (Å²) in [5, 5.41) is 7.72. The van der Waals surface area contributed by atoms with E-state index in [4.69, 9.17) is 4.74 Å². The predicted molar refractivity (Wildman–Crippen MR) is 130 cm³/mol. The Labute approximate surface area is 192 Å². The van der Waals surface area contributed by atoms with Crippen molar-refractivity contribution in [1.29, 1.82) is 0 Å². The Balaban J connectivity index is 1.28. The van der Waals surface area contributed by atoms with E-state index in [2.05, 4.69) is 49.4 Å². The zero-order valence-electron chi connectivity index (χ0n) is 18.7. The summed E-state index contributed by atoms with van der Waals surface area (Å²) in [7, 11) is 4.12. The number of hydrazone groups is 1. The Bertz CT molecular complexity index is 1230. The van der Waals surface area contributed by atoms with E-state index in [1.165, 1.54) is 0 Å². The molecular weight excluding hydrogens is 418 g/mol. The van der Waals surface area contributed by atoms with Gasteiger partial charge in [0.05, 0.1) is 17.3 Å². The number of carbonyl (C=O) groups excluding carboxylic acids is 1. The van der Waals surface area contributed by atoms with E-state index in [-0.39, 0.29) is 0 Å². The third-order valence-corrected chi connectivity index (χ3v) is 4.99. The van der Waals surface area contributed by atoms with Crippen LogP contribution < -0.4 is 15.5 Å². The van der Waals surface area contributed by atoms with Crippen molar-refractivity contribution in [2.24, 2.45) is 5.10 Å². The highest BCUT2D eigenvalue weighted by Gasteiger charge is 2.06. The van der Waals surface area contributed by atoms with Crippen molar-refractivity contribution >= 4 is 29.0 Å². The molecule has 4 aromatic rings. The molecule has 3 heterocycles. The van der Waals surface area contributed by atoms with Crippen LogP contribution in [-0.4, -0.2) is 52.3 Å². The molecule has 9 heteroatoms. The molecule has 0 aliphatic carbocycles. The minimum absolute atomic E-state index is 0.422. The van der Waals surface area contributed by atoms with Gasteiger partial charge in [-0.05, 0) is 75.6 Å². The highest BCUT2D eigenvalue weighted by molar-refractivity contribution is 5.90. The van der Waals surface area contributed by atoms with Gasteiger partial charge >= 0.3 is 6.03 Å². The van der Waals surface area contributed by atoms with Gasteiger partial charge in [0.15, 0.2) is 0 Å². The number of fused-ring (bicyclic) bond motifs is 1. The number of carbonyl (C=O) groups is 1. The number of amides is 2. The number of benzene rings is 1. The van der Waals surface area contributed by atoms with Crippen molar-refractivity contribution in [1.82, 2.24) is 24.9 Å². The summed E-state index contributed by atoms with van der Waals surface area (Å²) in [6, 6.07) is 14.3. The first-order chi connectivity index (χ1) is 16.1. The standard InChI is InChI=1S/C24H27N7O2/c1-30(2)14-4-16-31-15-3-5-19(31)17-27-29-24(32)28-18-6-8-20(9-7-18)33-22-11-13-26-23-21(22)10-12-25-23/h3,5-13,15,17H,4,14,16H2,1-2H3,(H,25,26)(H2,28,29,32)/b27-17+. The molecule has 3 aromatic heterocycles. The van der Waals surface area contributed by atoms with Crippen LogP contribution in [0.3, 0.4) is 0 Å². The molecule has 3 N–H and O–H groups in total. The van der Waals surface area contributed by atoms with Crippen molar-refractivity contribution in [2.75, 3.05) is 26.0 Å². The lowest BCUT2D eigenvalue weighted by Gasteiger charge is -2.10. The van der Waals surface area contributed by atoms with E-state index in [1.54, 1.807) is 36.7 Å². The second-order valence-electron chi connectivity index (χ2n) is 7.78. The molecule has 0 fully saturated rings. The number of pyridine rings is 1. The highest BCUT2D eigenvalue weighted by atomic mass is 16.5. The van der Waals surface area contributed by atoms with Crippen LogP contribution in [0.15, 0.2) is 72.2 Å². The number of urea groups is 1. The van der Waals surface area contributed by atoms with Gasteiger partial charge in [0, 0.05) is 30.8 Å². The monoisotopic (exact) mass is 445 g/mol. The lowest BCUT2D eigenvalue weighted by Crippen LogP contribution is -2.24. The fourth-order valence-electron chi connectivity index (χ4n) is 3.38. The van der Waals surface area contributed by atoms with Gasteiger partial charge in [-0.2, -0.15) is 5.10 Å². The summed E-state index contributed by atoms with van der Waals surface area (Å²) in [6.07, 6.45) is 8.19. The topological polar surface area (TPSA) is 99.6 Å². The van der Waals surface area contributed by atoms with Crippen LogP contribution in [0.2, 0.25) is 0 Å². The number of H-pyrrole nitrogens is 1. The summed E-state index contributed by atoms with van der Waals surface area (Å²) >= 11 is 0. The lowest BCUT2D eigenvalue weighted by molar-refractivity contribution is 0.252. The molecule has 0 radical (unpaired) electrons. The molecule has 33 heavy (non-hydrogen) atoms. The quantitative estimate of drug-likeness (QED) is 0.265. The predicted octanol–water partition coefficient (Wildman–Crippen LogP) is 4.26. The molecule has 0 saturated heterocycles. The largest absolute Gasteiger partial charge is 0.457 e. The third-order valence-electron chi connectivity index (χ3n) is 4.99. The van der Waals surface area contributed by atoms with Crippen LogP contribution in [0.5, 0.6) is 11.5 Å². The van der Waals surface area contributed by atoms with Crippen LogP contribution in [-0.2, 0) is 6.54 Å². The average Bonchev–Trinajstić information content (AvgIpc) is 3.45. The number of hydrogen-bond donors (Lipinski definition) is 3. The number of aromatic nitrogens is 3. The van der Waals surface area contributed by atoms with E-state index in [0.29, 0.717) is 17.2 Å². The molecule has 4 rings (SSSR count). The van der Waals surface area contributed by atoms with Gasteiger partial charge in [0.2, 0.25) is 0 Å². The summed E-state index contributed by atoms with van der Waals surface area (Å²) in [4.78, 5) is 21.6. The molecule has 0 bridgehead atoms. The van der Waals surface area contributed by atoms with Gasteiger partial charge in [0.1, 0.15) is 17.1 Å². The maximum Gasteiger partial charge on any atom is 0.339 e. The Hall–Kier alpha value is -4.11. The van der Waals surface area contributed by atoms with Gasteiger partial charge in [-0.1, -0.05) is 0 Å². The molecule has 2 amide bonds. The Morgan fingerprint density at radius 3 is 2.88 bits per heavy atom. The van der Waals surface area contributed by atoms with Crippen LogP contribution in [0.4, 0.5) is 10.5 Å². The number of anilines is 1. The van der Waals surface area contributed by atoms with E-state index >= 15 is 0 Å². The van der Waals surface area contributed by atoms with Crippen LogP contribution >= 0.6 is 0 Å². The SMILES string of the molecule is CN(C)CCCn1cccc1/C=N/NC(=O)Nc1ccc(Oc2ccnc3[nH]ccc23)cc1. The van der Waals surface area contributed by atoms with Gasteiger partial charge in [-0.3, -0.25) is 0 Å². The first-order valence-corrected chi connectivity index (χ1v) is 10.7. The fraction of sp³-hybridized carbons (Fsp3) is 0.208. The van der Waals surface area contributed by atoms with Crippen molar-refractivity contribution < 1.29 is 9.53 Å². The number of rotatable bonds is 9. The molecule has 0 aliphatic heterocycles. The normalized spacial score (nSPS) is 11.4. The van der Waals surface area contributed by atoms with E-state index in [9.17, 15) is 4.79 Å². The first kappa shape index (κ1) is 22.1. The zero-order valence-corrected chi connectivity index (χ0v) is 18.7. The Kier molecular flexibility index (Phi) is 7.01. The number of hydrogen-bond acceptors (Lipinski definition) is 5. The number of aromatic amines is 1. The average molecular weight is 446 g/mol. The molecule has 170 valence electrons. The number of aryl methyl sites for hydroxylation is 1. The molecular formula is C24H27N7O2. The molecule has 1 aromatic carbocycles. The number of nitrogens with zero attached hydrogens (tertiary/aromatic N) is 4. The first-order valence-electron chi connectivity index (χ1n) is 10.7. The van der Waals surface area contributed by atoms with Crippen molar-refractivity contribution in [3.05, 3.63) is 72.8 Å². The second-order valence-corrected chi connectivity index (χ2v) is 7.78. The summed E-state index contributed by atoms with van der Waals surface area (Å²) in [5.74, 6) is 1.36. The number of ether oxygens (including phenoxy) is 1. The lowest BCUT2D eigenvalue weighted by atomic mass is 10.3. The maximum atomic E-state index is 12.2. The van der Waals surface area contributed by atoms with Crippen LogP contribution in [0.25, 0.3) is 11.0 Å². The smallest absolute Gasteiger partial charge is 0.339 e. The molecule has 0 spiro atoms. The molecule has 0 unspecified atom stereocenters. The minimum atomic E-state index is -0.422. The van der Waals surface area contributed by atoms with Crippen molar-refractivity contribution in [3.63, 3.8) is 0 Å².